The molecule has 0 saturated heterocycles. The molecular formula is C13H10ClN3O4. The van der Waals surface area contributed by atoms with Gasteiger partial charge in [0.2, 0.25) is 0 Å². The number of carbonyl (C=O) groups excluding carboxylic acids is 1. The van der Waals surface area contributed by atoms with Crippen molar-refractivity contribution in [3.63, 3.8) is 0 Å². The van der Waals surface area contributed by atoms with Crippen LogP contribution in [0.25, 0.3) is 11.3 Å². The number of halogens is 1. The SMILES string of the molecule is NC(=O)N/N=C\c1ccc(-c2ccc(C(=O)O)c(Cl)c2)o1. The Bertz CT molecular complexity index is 724. The fourth-order valence-corrected chi connectivity index (χ4v) is 1.84. The summed E-state index contributed by atoms with van der Waals surface area (Å²) in [4.78, 5) is 21.3. The molecular weight excluding hydrogens is 298 g/mol. The number of carboxylic acid groups (broad SMARTS) is 1. The number of aromatic carboxylic acids is 1. The Hall–Kier alpha value is -2.80. The zero-order valence-corrected chi connectivity index (χ0v) is 11.3. The number of primary amides is 1. The van der Waals surface area contributed by atoms with Crippen LogP contribution in [-0.2, 0) is 0 Å². The van der Waals surface area contributed by atoms with E-state index in [1.165, 1.54) is 18.3 Å². The number of nitrogens with one attached hydrogen (secondary N) is 1. The van der Waals surface area contributed by atoms with Crippen LogP contribution in [0.1, 0.15) is 16.1 Å². The number of rotatable bonds is 4. The Kier molecular flexibility index (Phi) is 4.24. The molecule has 0 unspecified atom stereocenters. The van der Waals surface area contributed by atoms with Crippen LogP contribution in [0.3, 0.4) is 0 Å². The molecule has 0 saturated carbocycles. The third-order valence-corrected chi connectivity index (χ3v) is 2.79. The number of furan rings is 1. The Balaban J connectivity index is 2.21. The predicted molar refractivity (Wildman–Crippen MR) is 76.4 cm³/mol. The number of carbonyl (C=O) groups is 2. The number of urea groups is 1. The van der Waals surface area contributed by atoms with Crippen LogP contribution in [0, 0.1) is 0 Å². The molecule has 0 atom stereocenters. The van der Waals surface area contributed by atoms with Crippen LogP contribution in [0.15, 0.2) is 39.9 Å². The van der Waals surface area contributed by atoms with Crippen LogP contribution < -0.4 is 11.2 Å². The summed E-state index contributed by atoms with van der Waals surface area (Å²) in [5.74, 6) is -0.233. The first-order chi connectivity index (χ1) is 9.97. The van der Waals surface area contributed by atoms with E-state index in [4.69, 9.17) is 26.9 Å². The van der Waals surface area contributed by atoms with Gasteiger partial charge in [0, 0.05) is 5.56 Å². The smallest absolute Gasteiger partial charge is 0.337 e. The maximum absolute atomic E-state index is 10.9. The quantitative estimate of drug-likeness (QED) is 0.593. The summed E-state index contributed by atoms with van der Waals surface area (Å²) >= 11 is 5.89. The molecule has 0 radical (unpaired) electrons. The highest BCUT2D eigenvalue weighted by atomic mass is 35.5. The zero-order chi connectivity index (χ0) is 15.4. The van der Waals surface area contributed by atoms with Gasteiger partial charge < -0.3 is 15.3 Å². The largest absolute Gasteiger partial charge is 0.478 e. The number of carboxylic acids is 1. The highest BCUT2D eigenvalue weighted by Crippen LogP contribution is 2.27. The van der Waals surface area contributed by atoms with Gasteiger partial charge in [-0.2, -0.15) is 5.10 Å². The van der Waals surface area contributed by atoms with E-state index < -0.39 is 12.0 Å². The Morgan fingerprint density at radius 2 is 2.10 bits per heavy atom. The molecule has 1 heterocycles. The average Bonchev–Trinajstić information content (AvgIpc) is 2.86. The molecule has 7 nitrogen and oxygen atoms in total. The van der Waals surface area contributed by atoms with E-state index in [1.54, 1.807) is 18.2 Å². The van der Waals surface area contributed by atoms with Gasteiger partial charge in [0.1, 0.15) is 11.5 Å². The lowest BCUT2D eigenvalue weighted by Crippen LogP contribution is -2.24. The molecule has 108 valence electrons. The Morgan fingerprint density at radius 1 is 1.33 bits per heavy atom. The fraction of sp³-hybridized carbons (Fsp3) is 0. The van der Waals surface area contributed by atoms with Gasteiger partial charge in [0.15, 0.2) is 0 Å². The van der Waals surface area contributed by atoms with Crippen LogP contribution in [0.5, 0.6) is 0 Å². The number of hydrazone groups is 1. The monoisotopic (exact) mass is 307 g/mol. The fourth-order valence-electron chi connectivity index (χ4n) is 1.58. The van der Waals surface area contributed by atoms with Crippen molar-refractivity contribution >= 4 is 29.8 Å². The number of hydrogen-bond donors (Lipinski definition) is 3. The molecule has 2 amide bonds. The average molecular weight is 308 g/mol. The van der Waals surface area contributed by atoms with Crippen molar-refractivity contribution in [3.8, 4) is 11.3 Å². The molecule has 0 aliphatic heterocycles. The van der Waals surface area contributed by atoms with Gasteiger partial charge in [0.25, 0.3) is 0 Å². The number of amides is 2. The second kappa shape index (κ2) is 6.10. The molecule has 21 heavy (non-hydrogen) atoms. The summed E-state index contributed by atoms with van der Waals surface area (Å²) in [5, 5.41) is 12.6. The van der Waals surface area contributed by atoms with E-state index in [0.717, 1.165) is 0 Å². The summed E-state index contributed by atoms with van der Waals surface area (Å²) in [7, 11) is 0. The molecule has 2 aromatic rings. The van der Waals surface area contributed by atoms with Crippen LogP contribution in [0.2, 0.25) is 5.02 Å². The molecule has 8 heteroatoms. The van der Waals surface area contributed by atoms with Crippen molar-refractivity contribution in [3.05, 3.63) is 46.7 Å². The van der Waals surface area contributed by atoms with Gasteiger partial charge in [0.05, 0.1) is 16.8 Å². The molecule has 0 aliphatic rings. The minimum atomic E-state index is -1.10. The highest BCUT2D eigenvalue weighted by Gasteiger charge is 2.11. The second-order valence-electron chi connectivity index (χ2n) is 3.94. The van der Waals surface area contributed by atoms with Gasteiger partial charge in [-0.05, 0) is 24.3 Å². The van der Waals surface area contributed by atoms with Gasteiger partial charge >= 0.3 is 12.0 Å². The number of nitrogens with two attached hydrogens (primary N) is 1. The van der Waals surface area contributed by atoms with Gasteiger partial charge in [-0.3, -0.25) is 0 Å². The first-order valence-corrected chi connectivity index (χ1v) is 6.06. The minimum Gasteiger partial charge on any atom is -0.478 e. The lowest BCUT2D eigenvalue weighted by molar-refractivity contribution is 0.0697. The molecule has 4 N–H and O–H groups in total. The molecule has 2 rings (SSSR count). The summed E-state index contributed by atoms with van der Waals surface area (Å²) in [5.41, 5.74) is 7.52. The number of nitrogens with zero attached hydrogens (tertiary/aromatic N) is 1. The standard InChI is InChI=1S/C13H10ClN3O4/c14-10-5-7(1-3-9(10)12(18)19)11-4-2-8(21-11)6-16-17-13(15)20/h1-6H,(H,18,19)(H3,15,17,20)/b16-6-. The summed E-state index contributed by atoms with van der Waals surface area (Å²) < 4.78 is 5.46. The lowest BCUT2D eigenvalue weighted by atomic mass is 10.1. The van der Waals surface area contributed by atoms with E-state index in [-0.39, 0.29) is 10.6 Å². The Labute approximate surface area is 124 Å². The molecule has 1 aromatic carbocycles. The van der Waals surface area contributed by atoms with Crippen molar-refractivity contribution < 1.29 is 19.1 Å². The van der Waals surface area contributed by atoms with E-state index >= 15 is 0 Å². The molecule has 0 aliphatic carbocycles. The van der Waals surface area contributed by atoms with Crippen LogP contribution in [-0.4, -0.2) is 23.3 Å². The molecule has 0 spiro atoms. The van der Waals surface area contributed by atoms with Crippen LogP contribution >= 0.6 is 11.6 Å². The van der Waals surface area contributed by atoms with E-state index in [1.807, 2.05) is 5.43 Å². The van der Waals surface area contributed by atoms with Crippen molar-refractivity contribution in [1.29, 1.82) is 0 Å². The van der Waals surface area contributed by atoms with Crippen molar-refractivity contribution in [2.45, 2.75) is 0 Å². The van der Waals surface area contributed by atoms with E-state index in [2.05, 4.69) is 5.10 Å². The van der Waals surface area contributed by atoms with Gasteiger partial charge in [-0.1, -0.05) is 17.7 Å². The minimum absolute atomic E-state index is 0.0133. The van der Waals surface area contributed by atoms with Gasteiger partial charge in [-0.15, -0.1) is 0 Å². The Morgan fingerprint density at radius 3 is 2.71 bits per heavy atom. The second-order valence-corrected chi connectivity index (χ2v) is 4.34. The maximum Gasteiger partial charge on any atom is 0.337 e. The van der Waals surface area contributed by atoms with Crippen LogP contribution in [0.4, 0.5) is 4.79 Å². The summed E-state index contributed by atoms with van der Waals surface area (Å²) in [6.07, 6.45) is 1.28. The normalized spacial score (nSPS) is 10.7. The van der Waals surface area contributed by atoms with Gasteiger partial charge in [-0.25, -0.2) is 15.0 Å². The summed E-state index contributed by atoms with van der Waals surface area (Å²) in [6, 6.07) is 6.97. The molecule has 1 aromatic heterocycles. The zero-order valence-electron chi connectivity index (χ0n) is 10.5. The van der Waals surface area contributed by atoms with Crippen molar-refractivity contribution in [2.75, 3.05) is 0 Å². The first-order valence-electron chi connectivity index (χ1n) is 5.69. The van der Waals surface area contributed by atoms with E-state index in [9.17, 15) is 9.59 Å². The number of benzene rings is 1. The van der Waals surface area contributed by atoms with Crippen molar-refractivity contribution in [1.82, 2.24) is 5.43 Å². The highest BCUT2D eigenvalue weighted by molar-refractivity contribution is 6.33. The maximum atomic E-state index is 10.9. The van der Waals surface area contributed by atoms with Crippen molar-refractivity contribution in [2.24, 2.45) is 10.8 Å². The molecule has 0 fully saturated rings. The predicted octanol–water partition coefficient (Wildman–Crippen LogP) is 2.30. The lowest BCUT2D eigenvalue weighted by Gasteiger charge is -2.01. The van der Waals surface area contributed by atoms with E-state index in [0.29, 0.717) is 17.1 Å². The third-order valence-electron chi connectivity index (χ3n) is 2.48. The topological polar surface area (TPSA) is 118 Å². The number of hydrogen-bond acceptors (Lipinski definition) is 4. The molecule has 0 bridgehead atoms. The summed E-state index contributed by atoms with van der Waals surface area (Å²) in [6.45, 7) is 0. The first kappa shape index (κ1) is 14.6. The third kappa shape index (κ3) is 3.61.